The summed E-state index contributed by atoms with van der Waals surface area (Å²) in [4.78, 5) is 13.4. The third-order valence-corrected chi connectivity index (χ3v) is 7.50. The van der Waals surface area contributed by atoms with Gasteiger partial charge in [0, 0.05) is 5.02 Å². The first kappa shape index (κ1) is 27.5. The standard InChI is InChI=1S/C28H24Cl2N2O5S/c1-36-26-15-13-22(18-23(26)30)38(34,35)32-25(16-19-8-4-2-5-9-19)28(33)31-24-17-20(29)12-14-27(24)37-21-10-6-3-7-11-21/h2-15,17-18,25,32H,16H2,1H3,(H,31,33). The molecule has 196 valence electrons. The molecule has 38 heavy (non-hydrogen) atoms. The molecule has 2 N–H and O–H groups in total. The van der Waals surface area contributed by atoms with Gasteiger partial charge in [-0.25, -0.2) is 8.42 Å². The Morgan fingerprint density at radius 2 is 1.53 bits per heavy atom. The van der Waals surface area contributed by atoms with Crippen LogP contribution in [0.1, 0.15) is 5.56 Å². The lowest BCUT2D eigenvalue weighted by Gasteiger charge is -2.20. The van der Waals surface area contributed by atoms with Crippen LogP contribution in [0.25, 0.3) is 0 Å². The number of sulfonamides is 1. The van der Waals surface area contributed by atoms with E-state index >= 15 is 0 Å². The number of benzene rings is 4. The largest absolute Gasteiger partial charge is 0.495 e. The molecule has 1 unspecified atom stereocenters. The maximum Gasteiger partial charge on any atom is 0.243 e. The molecule has 0 saturated heterocycles. The SMILES string of the molecule is COc1ccc(S(=O)(=O)NC(Cc2ccccc2)C(=O)Nc2cc(Cl)ccc2Oc2ccccc2)cc1Cl. The first-order valence-corrected chi connectivity index (χ1v) is 13.7. The van der Waals surface area contributed by atoms with E-state index in [2.05, 4.69) is 10.0 Å². The average Bonchev–Trinajstić information content (AvgIpc) is 2.91. The highest BCUT2D eigenvalue weighted by Crippen LogP contribution is 2.32. The summed E-state index contributed by atoms with van der Waals surface area (Å²) in [7, 11) is -2.71. The summed E-state index contributed by atoms with van der Waals surface area (Å²) in [5.41, 5.74) is 1.05. The maximum atomic E-state index is 13.5. The Hall–Kier alpha value is -3.56. The number of hydrogen-bond donors (Lipinski definition) is 2. The Labute approximate surface area is 231 Å². The van der Waals surface area contributed by atoms with Crippen molar-refractivity contribution in [2.24, 2.45) is 0 Å². The second-order valence-corrected chi connectivity index (χ2v) is 10.8. The highest BCUT2D eigenvalue weighted by molar-refractivity contribution is 7.89. The molecule has 0 aliphatic heterocycles. The van der Waals surface area contributed by atoms with Crippen molar-refractivity contribution in [3.8, 4) is 17.2 Å². The van der Waals surface area contributed by atoms with Crippen molar-refractivity contribution in [2.45, 2.75) is 17.4 Å². The third kappa shape index (κ3) is 7.05. The van der Waals surface area contributed by atoms with Crippen LogP contribution in [-0.2, 0) is 21.2 Å². The Bertz CT molecular complexity index is 1520. The predicted octanol–water partition coefficient (Wildman–Crippen LogP) is 6.32. The van der Waals surface area contributed by atoms with E-state index in [1.165, 1.54) is 31.4 Å². The molecule has 1 atom stereocenters. The van der Waals surface area contributed by atoms with Crippen LogP contribution in [0.3, 0.4) is 0 Å². The third-order valence-electron chi connectivity index (χ3n) is 5.50. The predicted molar refractivity (Wildman–Crippen MR) is 149 cm³/mol. The molecule has 7 nitrogen and oxygen atoms in total. The second-order valence-electron chi connectivity index (χ2n) is 8.20. The summed E-state index contributed by atoms with van der Waals surface area (Å²) in [6.07, 6.45) is 0.0885. The van der Waals surface area contributed by atoms with Crippen LogP contribution in [0.15, 0.2) is 102 Å². The zero-order valence-corrected chi connectivity index (χ0v) is 22.6. The van der Waals surface area contributed by atoms with E-state index in [0.29, 0.717) is 22.3 Å². The zero-order chi connectivity index (χ0) is 27.1. The lowest BCUT2D eigenvalue weighted by molar-refractivity contribution is -0.117. The molecule has 0 radical (unpaired) electrons. The number of para-hydroxylation sites is 1. The van der Waals surface area contributed by atoms with Crippen LogP contribution in [0.5, 0.6) is 17.2 Å². The Morgan fingerprint density at radius 1 is 0.868 bits per heavy atom. The van der Waals surface area contributed by atoms with E-state index < -0.39 is 22.0 Å². The number of halogens is 2. The van der Waals surface area contributed by atoms with Crippen molar-refractivity contribution < 1.29 is 22.7 Å². The van der Waals surface area contributed by atoms with E-state index in [1.54, 1.807) is 24.3 Å². The first-order chi connectivity index (χ1) is 18.2. The van der Waals surface area contributed by atoms with E-state index in [0.717, 1.165) is 5.56 Å². The summed E-state index contributed by atoms with van der Waals surface area (Å²) >= 11 is 12.3. The molecule has 10 heteroatoms. The monoisotopic (exact) mass is 570 g/mol. The van der Waals surface area contributed by atoms with Crippen molar-refractivity contribution >= 4 is 44.8 Å². The minimum atomic E-state index is -4.14. The molecule has 4 rings (SSSR count). The van der Waals surface area contributed by atoms with Crippen LogP contribution in [-0.4, -0.2) is 27.5 Å². The highest BCUT2D eigenvalue weighted by atomic mass is 35.5. The lowest BCUT2D eigenvalue weighted by atomic mass is 10.1. The van der Waals surface area contributed by atoms with E-state index in [1.807, 2.05) is 48.5 Å². The van der Waals surface area contributed by atoms with Crippen molar-refractivity contribution in [2.75, 3.05) is 12.4 Å². The number of anilines is 1. The number of amides is 1. The highest BCUT2D eigenvalue weighted by Gasteiger charge is 2.27. The fourth-order valence-electron chi connectivity index (χ4n) is 3.63. The molecule has 1 amide bonds. The summed E-state index contributed by atoms with van der Waals surface area (Å²) in [5, 5.41) is 3.27. The summed E-state index contributed by atoms with van der Waals surface area (Å²) in [6, 6.07) is 25.8. The molecule has 4 aromatic carbocycles. The van der Waals surface area contributed by atoms with E-state index in [9.17, 15) is 13.2 Å². The molecule has 0 spiro atoms. The van der Waals surface area contributed by atoms with Crippen LogP contribution >= 0.6 is 23.2 Å². The lowest BCUT2D eigenvalue weighted by Crippen LogP contribution is -2.45. The summed E-state index contributed by atoms with van der Waals surface area (Å²) in [6.45, 7) is 0. The van der Waals surface area contributed by atoms with Crippen LogP contribution < -0.4 is 19.5 Å². The maximum absolute atomic E-state index is 13.5. The van der Waals surface area contributed by atoms with Gasteiger partial charge < -0.3 is 14.8 Å². The van der Waals surface area contributed by atoms with Gasteiger partial charge in [0.25, 0.3) is 0 Å². The number of carbonyl (C=O) groups excluding carboxylic acids is 1. The van der Waals surface area contributed by atoms with Gasteiger partial charge in [0.15, 0.2) is 5.75 Å². The molecule has 0 fully saturated rings. The van der Waals surface area contributed by atoms with Gasteiger partial charge in [0.05, 0.1) is 22.7 Å². The Balaban J connectivity index is 1.63. The van der Waals surface area contributed by atoms with Gasteiger partial charge in [-0.3, -0.25) is 4.79 Å². The number of ether oxygens (including phenoxy) is 2. The van der Waals surface area contributed by atoms with Crippen LogP contribution in [0.4, 0.5) is 5.69 Å². The van der Waals surface area contributed by atoms with Crippen molar-refractivity contribution in [3.63, 3.8) is 0 Å². The van der Waals surface area contributed by atoms with Crippen molar-refractivity contribution in [3.05, 3.63) is 113 Å². The second kappa shape index (κ2) is 12.3. The molecule has 0 bridgehead atoms. The van der Waals surface area contributed by atoms with Gasteiger partial charge >= 0.3 is 0 Å². The minimum Gasteiger partial charge on any atom is -0.495 e. The fraction of sp³-hybridized carbons (Fsp3) is 0.107. The molecule has 0 aliphatic carbocycles. The molecular formula is C28H24Cl2N2O5S. The van der Waals surface area contributed by atoms with Gasteiger partial charge in [0.1, 0.15) is 17.5 Å². The molecule has 0 heterocycles. The number of rotatable bonds is 10. The smallest absolute Gasteiger partial charge is 0.243 e. The van der Waals surface area contributed by atoms with Gasteiger partial charge in [-0.2, -0.15) is 4.72 Å². The quantitative estimate of drug-likeness (QED) is 0.232. The Kier molecular flexibility index (Phi) is 8.91. The van der Waals surface area contributed by atoms with E-state index in [-0.39, 0.29) is 22.0 Å². The Morgan fingerprint density at radius 3 is 2.18 bits per heavy atom. The van der Waals surface area contributed by atoms with Gasteiger partial charge in [-0.1, -0.05) is 71.7 Å². The molecule has 4 aromatic rings. The molecular weight excluding hydrogens is 547 g/mol. The van der Waals surface area contributed by atoms with Crippen LogP contribution in [0, 0.1) is 0 Å². The van der Waals surface area contributed by atoms with Crippen molar-refractivity contribution in [1.29, 1.82) is 0 Å². The van der Waals surface area contributed by atoms with Crippen LogP contribution in [0.2, 0.25) is 10.0 Å². The molecule has 0 aliphatic rings. The number of methoxy groups -OCH3 is 1. The minimum absolute atomic E-state index is 0.0885. The molecule has 0 aromatic heterocycles. The van der Waals surface area contributed by atoms with Gasteiger partial charge in [-0.05, 0) is 60.5 Å². The average molecular weight is 571 g/mol. The van der Waals surface area contributed by atoms with E-state index in [4.69, 9.17) is 32.7 Å². The topological polar surface area (TPSA) is 93.7 Å². The number of nitrogens with one attached hydrogen (secondary N) is 2. The molecule has 0 saturated carbocycles. The van der Waals surface area contributed by atoms with Crippen molar-refractivity contribution in [1.82, 2.24) is 4.72 Å². The fourth-order valence-corrected chi connectivity index (χ4v) is 5.35. The number of carbonyl (C=O) groups is 1. The normalized spacial score (nSPS) is 12.0. The first-order valence-electron chi connectivity index (χ1n) is 11.5. The zero-order valence-electron chi connectivity index (χ0n) is 20.2. The van der Waals surface area contributed by atoms with Gasteiger partial charge in [-0.15, -0.1) is 0 Å². The number of hydrogen-bond acceptors (Lipinski definition) is 5. The summed E-state index contributed by atoms with van der Waals surface area (Å²) < 4.78 is 40.1. The van der Waals surface area contributed by atoms with Gasteiger partial charge in [0.2, 0.25) is 15.9 Å². The summed E-state index contributed by atoms with van der Waals surface area (Å²) in [5.74, 6) is 0.633.